The van der Waals surface area contributed by atoms with Crippen molar-refractivity contribution in [1.29, 1.82) is 0 Å². The Morgan fingerprint density at radius 2 is 2.26 bits per heavy atom. The number of piperidine rings is 1. The molecule has 1 N–H and O–H groups in total. The van der Waals surface area contributed by atoms with Crippen molar-refractivity contribution in [3.05, 3.63) is 23.9 Å². The van der Waals surface area contributed by atoms with Gasteiger partial charge in [0.1, 0.15) is 5.82 Å². The van der Waals surface area contributed by atoms with E-state index in [1.807, 2.05) is 0 Å². The van der Waals surface area contributed by atoms with E-state index in [2.05, 4.69) is 49.2 Å². The predicted molar refractivity (Wildman–Crippen MR) is 81.7 cm³/mol. The molecule has 19 heavy (non-hydrogen) atoms. The number of rotatable bonds is 5. The molecule has 2 unspecified atom stereocenters. The normalized spacial score (nSPS) is 21.4. The van der Waals surface area contributed by atoms with E-state index in [1.165, 1.54) is 25.7 Å². The van der Waals surface area contributed by atoms with Crippen LogP contribution >= 0.6 is 0 Å². The van der Waals surface area contributed by atoms with Crippen LogP contribution in [0.5, 0.6) is 0 Å². The Kier molecular flexibility index (Phi) is 5.20. The highest BCUT2D eigenvalue weighted by Crippen LogP contribution is 2.25. The summed E-state index contributed by atoms with van der Waals surface area (Å²) < 4.78 is 0. The highest BCUT2D eigenvalue weighted by atomic mass is 15.2. The quantitative estimate of drug-likeness (QED) is 0.882. The van der Waals surface area contributed by atoms with Crippen molar-refractivity contribution in [3.63, 3.8) is 0 Å². The second-order valence-electron chi connectivity index (χ2n) is 5.64. The Bertz CT molecular complexity index is 391. The number of anilines is 1. The summed E-state index contributed by atoms with van der Waals surface area (Å²) in [7, 11) is 0. The molecule has 0 amide bonds. The fourth-order valence-electron chi connectivity index (χ4n) is 2.96. The van der Waals surface area contributed by atoms with Crippen LogP contribution in [-0.4, -0.2) is 30.2 Å². The average molecular weight is 261 g/mol. The van der Waals surface area contributed by atoms with E-state index in [4.69, 9.17) is 4.98 Å². The third kappa shape index (κ3) is 3.69. The minimum absolute atomic E-state index is 0.530. The van der Waals surface area contributed by atoms with Crippen molar-refractivity contribution in [2.24, 2.45) is 0 Å². The summed E-state index contributed by atoms with van der Waals surface area (Å²) in [5, 5.41) is 3.65. The molecule has 3 heteroatoms. The SMILES string of the molecule is CCCNC(C)C1CCCCN1c1cccc(C)n1. The van der Waals surface area contributed by atoms with Gasteiger partial charge in [0, 0.05) is 24.3 Å². The van der Waals surface area contributed by atoms with Crippen molar-refractivity contribution >= 4 is 5.82 Å². The van der Waals surface area contributed by atoms with Gasteiger partial charge in [-0.2, -0.15) is 0 Å². The van der Waals surface area contributed by atoms with E-state index in [1.54, 1.807) is 0 Å². The molecule has 1 aromatic rings. The summed E-state index contributed by atoms with van der Waals surface area (Å²) in [6.45, 7) is 8.85. The summed E-state index contributed by atoms with van der Waals surface area (Å²) in [6, 6.07) is 7.45. The van der Waals surface area contributed by atoms with Gasteiger partial charge in [-0.25, -0.2) is 4.98 Å². The number of hydrogen-bond acceptors (Lipinski definition) is 3. The van der Waals surface area contributed by atoms with Crippen LogP contribution < -0.4 is 10.2 Å². The van der Waals surface area contributed by atoms with Crippen LogP contribution in [0.3, 0.4) is 0 Å². The van der Waals surface area contributed by atoms with E-state index in [0.29, 0.717) is 12.1 Å². The van der Waals surface area contributed by atoms with Crippen LogP contribution in [0.1, 0.15) is 45.2 Å². The molecule has 0 aliphatic carbocycles. The van der Waals surface area contributed by atoms with Gasteiger partial charge in [0.15, 0.2) is 0 Å². The number of aryl methyl sites for hydroxylation is 1. The molecule has 106 valence electrons. The lowest BCUT2D eigenvalue weighted by Crippen LogP contribution is -2.51. The number of nitrogens with zero attached hydrogens (tertiary/aromatic N) is 2. The number of aromatic nitrogens is 1. The first-order valence-electron chi connectivity index (χ1n) is 7.66. The van der Waals surface area contributed by atoms with Crippen molar-refractivity contribution < 1.29 is 0 Å². The maximum atomic E-state index is 4.71. The van der Waals surface area contributed by atoms with Crippen LogP contribution in [0.15, 0.2) is 18.2 Å². The molecule has 0 spiro atoms. The first-order valence-corrected chi connectivity index (χ1v) is 7.66. The molecule has 3 nitrogen and oxygen atoms in total. The fourth-order valence-corrected chi connectivity index (χ4v) is 2.96. The van der Waals surface area contributed by atoms with Crippen LogP contribution in [-0.2, 0) is 0 Å². The summed E-state index contributed by atoms with van der Waals surface area (Å²) in [5.41, 5.74) is 1.11. The summed E-state index contributed by atoms with van der Waals surface area (Å²) >= 11 is 0. The third-order valence-electron chi connectivity index (χ3n) is 4.01. The van der Waals surface area contributed by atoms with Crippen LogP contribution in [0.4, 0.5) is 5.82 Å². The Morgan fingerprint density at radius 1 is 1.42 bits per heavy atom. The molecule has 0 aromatic carbocycles. The maximum Gasteiger partial charge on any atom is 0.129 e. The Hall–Kier alpha value is -1.09. The van der Waals surface area contributed by atoms with E-state index < -0.39 is 0 Å². The minimum atomic E-state index is 0.530. The van der Waals surface area contributed by atoms with Crippen molar-refractivity contribution in [2.75, 3.05) is 18.0 Å². The number of hydrogen-bond donors (Lipinski definition) is 1. The van der Waals surface area contributed by atoms with Crippen LogP contribution in [0.25, 0.3) is 0 Å². The molecule has 1 aliphatic heterocycles. The lowest BCUT2D eigenvalue weighted by molar-refractivity contribution is 0.366. The lowest BCUT2D eigenvalue weighted by atomic mass is 9.96. The van der Waals surface area contributed by atoms with Crippen molar-refractivity contribution in [2.45, 2.75) is 58.5 Å². The Labute approximate surface area is 117 Å². The smallest absolute Gasteiger partial charge is 0.129 e. The van der Waals surface area contributed by atoms with E-state index in [-0.39, 0.29) is 0 Å². The van der Waals surface area contributed by atoms with E-state index in [0.717, 1.165) is 24.6 Å². The molecule has 0 radical (unpaired) electrons. The lowest BCUT2D eigenvalue weighted by Gasteiger charge is -2.40. The van der Waals surface area contributed by atoms with Crippen molar-refractivity contribution in [3.8, 4) is 0 Å². The van der Waals surface area contributed by atoms with Gasteiger partial charge in [-0.05, 0) is 58.2 Å². The molecule has 0 bridgehead atoms. The van der Waals surface area contributed by atoms with Gasteiger partial charge in [-0.3, -0.25) is 0 Å². The maximum absolute atomic E-state index is 4.71. The topological polar surface area (TPSA) is 28.2 Å². The molecule has 0 saturated carbocycles. The molecule has 2 rings (SSSR count). The minimum Gasteiger partial charge on any atom is -0.352 e. The van der Waals surface area contributed by atoms with E-state index >= 15 is 0 Å². The molecule has 1 saturated heterocycles. The second-order valence-corrected chi connectivity index (χ2v) is 5.64. The molecule has 1 fully saturated rings. The van der Waals surface area contributed by atoms with Crippen LogP contribution in [0.2, 0.25) is 0 Å². The Balaban J connectivity index is 2.11. The largest absolute Gasteiger partial charge is 0.352 e. The second kappa shape index (κ2) is 6.90. The van der Waals surface area contributed by atoms with Crippen LogP contribution in [0, 0.1) is 6.92 Å². The molecular weight excluding hydrogens is 234 g/mol. The molecule has 2 heterocycles. The monoisotopic (exact) mass is 261 g/mol. The van der Waals surface area contributed by atoms with Gasteiger partial charge in [0.05, 0.1) is 0 Å². The number of nitrogens with one attached hydrogen (secondary N) is 1. The zero-order valence-corrected chi connectivity index (χ0v) is 12.5. The highest BCUT2D eigenvalue weighted by Gasteiger charge is 2.27. The van der Waals surface area contributed by atoms with Gasteiger partial charge >= 0.3 is 0 Å². The molecule has 1 aliphatic rings. The van der Waals surface area contributed by atoms with Gasteiger partial charge in [0.25, 0.3) is 0 Å². The first kappa shape index (κ1) is 14.3. The fraction of sp³-hybridized carbons (Fsp3) is 0.688. The van der Waals surface area contributed by atoms with Crippen molar-refractivity contribution in [1.82, 2.24) is 10.3 Å². The van der Waals surface area contributed by atoms with Gasteiger partial charge in [-0.1, -0.05) is 13.0 Å². The molecular formula is C16H27N3. The standard InChI is InChI=1S/C16H27N3/c1-4-11-17-14(3)15-9-5-6-12-19(15)16-10-7-8-13(2)18-16/h7-8,10,14-15,17H,4-6,9,11-12H2,1-3H3. The zero-order valence-electron chi connectivity index (χ0n) is 12.5. The third-order valence-corrected chi connectivity index (χ3v) is 4.01. The average Bonchev–Trinajstić information content (AvgIpc) is 2.45. The molecule has 2 atom stereocenters. The molecule has 1 aromatic heterocycles. The Morgan fingerprint density at radius 3 is 3.00 bits per heavy atom. The summed E-state index contributed by atoms with van der Waals surface area (Å²) in [5.74, 6) is 1.15. The predicted octanol–water partition coefficient (Wildman–Crippen LogP) is 3.14. The first-order chi connectivity index (χ1) is 9.22. The zero-order chi connectivity index (χ0) is 13.7. The van der Waals surface area contributed by atoms with Gasteiger partial charge in [0.2, 0.25) is 0 Å². The summed E-state index contributed by atoms with van der Waals surface area (Å²) in [4.78, 5) is 7.21. The summed E-state index contributed by atoms with van der Waals surface area (Å²) in [6.07, 6.45) is 5.09. The van der Waals surface area contributed by atoms with E-state index in [9.17, 15) is 0 Å². The van der Waals surface area contributed by atoms with Gasteiger partial charge in [-0.15, -0.1) is 0 Å². The highest BCUT2D eigenvalue weighted by molar-refractivity contribution is 5.41. The number of pyridine rings is 1. The van der Waals surface area contributed by atoms with Gasteiger partial charge < -0.3 is 10.2 Å².